The summed E-state index contributed by atoms with van der Waals surface area (Å²) in [5.74, 6) is -3.37. The summed E-state index contributed by atoms with van der Waals surface area (Å²) in [4.78, 5) is 44.8. The molecule has 0 spiro atoms. The molecule has 423 valence electrons. The van der Waals surface area contributed by atoms with Crippen molar-refractivity contribution in [3.8, 4) is 0 Å². The van der Waals surface area contributed by atoms with E-state index >= 15 is 0 Å². The van der Waals surface area contributed by atoms with Crippen molar-refractivity contribution >= 4 is 75.8 Å². The zero-order chi connectivity index (χ0) is 53.9. The van der Waals surface area contributed by atoms with Crippen LogP contribution in [0, 0.1) is 23.7 Å². The van der Waals surface area contributed by atoms with E-state index in [1.807, 2.05) is 13.8 Å². The Labute approximate surface area is 474 Å². The number of aliphatic carboxylic acids is 2. The molecule has 0 saturated carbocycles. The molecule has 4 fully saturated rings. The molecule has 22 heteroatoms. The maximum absolute atomic E-state index is 12.0. The number of aliphatic hydroxyl groups is 6. The quantitative estimate of drug-likeness (QED) is 0.0171. The molecule has 1 radical (unpaired) electrons. The molecule has 0 aromatic rings. The molecule has 16 atom stereocenters. The van der Waals surface area contributed by atoms with Gasteiger partial charge in [-0.1, -0.05) is 76.4 Å². The van der Waals surface area contributed by atoms with Crippen LogP contribution in [0.15, 0.2) is 23.3 Å². The van der Waals surface area contributed by atoms with Crippen LogP contribution in [0.2, 0.25) is 0 Å². The van der Waals surface area contributed by atoms with Crippen LogP contribution < -0.4 is 10.2 Å². The third kappa shape index (κ3) is 29.6. The van der Waals surface area contributed by atoms with E-state index in [9.17, 15) is 60.0 Å². The first-order valence-corrected chi connectivity index (χ1v) is 34.4. The second-order valence-corrected chi connectivity index (χ2v) is 20.4. The van der Waals surface area contributed by atoms with E-state index in [1.54, 1.807) is 27.7 Å². The van der Waals surface area contributed by atoms with Crippen LogP contribution in [-0.2, 0) is 47.6 Å². The SMILES string of the molecule is C/C(=C\C(=O)OCCCCCCCCC(=O)[O-])C[C@@H]1OC[C@H](C[C@@H]2O[C@H]2[C@@H](C)[C@H](C)O)[C@@H](O)[C@H]1O.C/C(=C\C(=O)OCCCCCCCCC(=O)[O-])C[C@@H]1OC[C@H](C[C@@H]2O[C@H]2[C@@H](C)[C@H](C)O)[C@@H](O)[C@H]1O.O.O.[Ca][Ca+]. The zero-order valence-corrected chi connectivity index (χ0v) is 49.4. The Hall–Kier alpha value is -0.601. The van der Waals surface area contributed by atoms with Gasteiger partial charge in [0.2, 0.25) is 0 Å². The second kappa shape index (κ2) is 40.6. The van der Waals surface area contributed by atoms with Gasteiger partial charge in [0.25, 0.3) is 0 Å². The van der Waals surface area contributed by atoms with E-state index in [-0.39, 0.29) is 71.9 Å². The van der Waals surface area contributed by atoms with Gasteiger partial charge in [0.1, 0.15) is 12.2 Å². The van der Waals surface area contributed by atoms with Gasteiger partial charge in [0.15, 0.2) is 0 Å². The molecule has 4 saturated heterocycles. The minimum atomic E-state index is -1.06. The number of esters is 2. The fraction of sp³-hybridized carbons (Fsp3) is 0.846. The average Bonchev–Trinajstić information content (AvgIpc) is 4.27. The Morgan fingerprint density at radius 2 is 0.865 bits per heavy atom. The Morgan fingerprint density at radius 3 is 1.18 bits per heavy atom. The van der Waals surface area contributed by atoms with Gasteiger partial charge >= 0.3 is 63.8 Å². The average molecular weight is 1120 g/mol. The monoisotopic (exact) mass is 1110 g/mol. The number of aliphatic hydroxyl groups excluding tert-OH is 6. The van der Waals surface area contributed by atoms with Gasteiger partial charge in [-0.3, -0.25) is 0 Å². The molecule has 0 unspecified atom stereocenters. The van der Waals surface area contributed by atoms with E-state index < -0.39 is 72.7 Å². The molecule has 4 aliphatic rings. The number of carboxylic acid groups (broad SMARTS) is 2. The molecule has 0 aliphatic carbocycles. The van der Waals surface area contributed by atoms with Crippen molar-refractivity contribution in [2.75, 3.05) is 26.4 Å². The predicted molar refractivity (Wildman–Crippen MR) is 271 cm³/mol. The molecule has 20 nitrogen and oxygen atoms in total. The van der Waals surface area contributed by atoms with Gasteiger partial charge in [0.05, 0.1) is 87.5 Å². The van der Waals surface area contributed by atoms with Crippen LogP contribution in [-0.4, -0.2) is 217 Å². The van der Waals surface area contributed by atoms with E-state index in [4.69, 9.17) is 28.4 Å². The number of carboxylic acids is 2. The van der Waals surface area contributed by atoms with Crippen LogP contribution in [0.5, 0.6) is 0 Å². The van der Waals surface area contributed by atoms with Crippen molar-refractivity contribution in [1.29, 1.82) is 0 Å². The Kier molecular flexibility index (Phi) is 40.2. The van der Waals surface area contributed by atoms with Crippen molar-refractivity contribution in [2.45, 2.75) is 230 Å². The number of carbonyl (C=O) groups excluding carboxylic acids is 4. The van der Waals surface area contributed by atoms with Crippen molar-refractivity contribution in [3.05, 3.63) is 23.3 Å². The van der Waals surface area contributed by atoms with Gasteiger partial charge in [-0.15, -0.1) is 0 Å². The summed E-state index contributed by atoms with van der Waals surface area (Å²) in [6.45, 7) is 12.1. The molecule has 74 heavy (non-hydrogen) atoms. The van der Waals surface area contributed by atoms with Crippen molar-refractivity contribution < 1.29 is 99.4 Å². The van der Waals surface area contributed by atoms with Gasteiger partial charge in [-0.25, -0.2) is 9.59 Å². The van der Waals surface area contributed by atoms with Crippen molar-refractivity contribution in [3.63, 3.8) is 0 Å². The van der Waals surface area contributed by atoms with Crippen LogP contribution >= 0.6 is 0 Å². The number of hydrogen-bond acceptors (Lipinski definition) is 18. The van der Waals surface area contributed by atoms with Crippen LogP contribution in [0.1, 0.15) is 157 Å². The molecule has 0 bridgehead atoms. The first kappa shape index (κ1) is 73.4. The maximum atomic E-state index is 12.0. The van der Waals surface area contributed by atoms with E-state index in [2.05, 4.69) is 0 Å². The van der Waals surface area contributed by atoms with Crippen LogP contribution in [0.4, 0.5) is 0 Å². The van der Waals surface area contributed by atoms with E-state index in [1.165, 1.54) is 64.0 Å². The summed E-state index contributed by atoms with van der Waals surface area (Å²) in [5.41, 5.74) is 1.41. The fourth-order valence-corrected chi connectivity index (χ4v) is 9.16. The number of hydrogen-bond donors (Lipinski definition) is 6. The summed E-state index contributed by atoms with van der Waals surface area (Å²) >= 11 is 3.00. The summed E-state index contributed by atoms with van der Waals surface area (Å²) in [6, 6.07) is 0. The topological polar surface area (TPSA) is 361 Å². The molecule has 4 rings (SSSR count). The molecule has 4 heterocycles. The third-order valence-electron chi connectivity index (χ3n) is 14.2. The normalized spacial score (nSPS) is 28.9. The van der Waals surface area contributed by atoms with Gasteiger partial charge in [0, 0.05) is 47.8 Å². The zero-order valence-electron chi connectivity index (χ0n) is 44.9. The molecular weight excluding hydrogens is 1020 g/mol. The number of epoxide rings is 2. The van der Waals surface area contributed by atoms with Crippen LogP contribution in [0.3, 0.4) is 0 Å². The Balaban J connectivity index is 0.00000136. The van der Waals surface area contributed by atoms with Gasteiger partial charge in [-0.2, -0.15) is 0 Å². The number of unbranched alkanes of at least 4 members (excludes halogenated alkanes) is 10. The van der Waals surface area contributed by atoms with Gasteiger partial charge < -0.3 is 89.8 Å². The third-order valence-corrected chi connectivity index (χ3v) is 14.2. The summed E-state index contributed by atoms with van der Waals surface area (Å²) in [5, 5.41) is 82.4. The molecule has 0 aromatic carbocycles. The number of ether oxygens (including phenoxy) is 6. The number of carbonyl (C=O) groups is 4. The van der Waals surface area contributed by atoms with Crippen LogP contribution in [0.25, 0.3) is 0 Å². The standard InChI is InChI=1S/2C26H44O9.2Ca.2H2O/c2*1-16(13-23(30)33-11-9-7-5-4-6-8-10-22(28)29)12-20-25(32)24(31)19(15-34-20)14-21-26(35-21)17(2)18(3)27;;;;/h2*13,17-21,24-27,31-32H,4-12,14-15H2,1-3H3,(H,28,29);;;2*1H2/q;;;+1;;/p-2/b2*16-13+;;;;/t2*17-,18-,19-,20-,21-,24+,25-,26-;;;;/m00..../s1. The Morgan fingerprint density at radius 1 is 0.554 bits per heavy atom. The first-order valence-electron chi connectivity index (χ1n) is 26.4. The number of rotatable bonds is 32. The summed E-state index contributed by atoms with van der Waals surface area (Å²) in [7, 11) is 0. The van der Waals surface area contributed by atoms with Crippen molar-refractivity contribution in [1.82, 2.24) is 0 Å². The summed E-state index contributed by atoms with van der Waals surface area (Å²) in [6.07, 6.45) is 8.59. The molecular formula is C52H90Ca2O20-. The van der Waals surface area contributed by atoms with Crippen molar-refractivity contribution in [2.24, 2.45) is 23.7 Å². The molecule has 4 aliphatic heterocycles. The van der Waals surface area contributed by atoms with Gasteiger partial charge in [-0.05, 0) is 91.9 Å². The summed E-state index contributed by atoms with van der Waals surface area (Å²) < 4.78 is 33.4. The van der Waals surface area contributed by atoms with E-state index in [0.717, 1.165) is 64.2 Å². The second-order valence-electron chi connectivity index (χ2n) is 20.4. The van der Waals surface area contributed by atoms with E-state index in [0.29, 0.717) is 76.1 Å². The Bertz CT molecular complexity index is 1520. The first-order chi connectivity index (χ1) is 34.2. The minimum absolute atomic E-state index is 0. The fourth-order valence-electron chi connectivity index (χ4n) is 9.16. The molecule has 10 N–H and O–H groups in total. The molecule has 0 aromatic heterocycles. The predicted octanol–water partition coefficient (Wildman–Crippen LogP) is 0.105. The molecule has 0 amide bonds.